The van der Waals surface area contributed by atoms with E-state index in [9.17, 15) is 18.4 Å². The molecule has 1 aliphatic heterocycles. The van der Waals surface area contributed by atoms with Crippen LogP contribution in [0.25, 0.3) is 11.9 Å². The fourth-order valence-electron chi connectivity index (χ4n) is 5.48. The number of hydrogen-bond donors (Lipinski definition) is 5. The van der Waals surface area contributed by atoms with Crippen LogP contribution in [0.15, 0.2) is 65.5 Å². The first-order valence-electron chi connectivity index (χ1n) is 16.0. The molecule has 17 heteroatoms. The van der Waals surface area contributed by atoms with Gasteiger partial charge in [0.05, 0.1) is 20.0 Å². The Balaban J connectivity index is 1.21. The van der Waals surface area contributed by atoms with Gasteiger partial charge in [0.15, 0.2) is 23.3 Å². The minimum absolute atomic E-state index is 0.0134. The number of carbonyl (C=O) groups excluding carboxylic acids is 1. The molecular weight excluding hydrogens is 650 g/mol. The van der Waals surface area contributed by atoms with Crippen LogP contribution in [-0.2, 0) is 6.54 Å². The van der Waals surface area contributed by atoms with E-state index < -0.39 is 23.1 Å². The normalized spacial score (nSPS) is 15.9. The van der Waals surface area contributed by atoms with Crippen molar-refractivity contribution in [1.29, 1.82) is 0 Å². The average Bonchev–Trinajstić information content (AvgIpc) is 3.49. The fourth-order valence-corrected chi connectivity index (χ4v) is 5.48. The SMILES string of the molecule is COc1c(NC2CCCNC2)nc(/C=C/CNC(=O)c2cncn(Cc3ccc(F)c(F)c3)c2=O)nc1-n1nc(NC2=CC=CCC2)nc1N. The molecule has 0 spiro atoms. The minimum atomic E-state index is -1.04. The fraction of sp³-hybridized carbons (Fsp3) is 0.303. The van der Waals surface area contributed by atoms with Gasteiger partial charge in [-0.15, -0.1) is 5.10 Å². The van der Waals surface area contributed by atoms with Crippen molar-refractivity contribution >= 4 is 29.7 Å². The van der Waals surface area contributed by atoms with E-state index in [-0.39, 0.29) is 42.3 Å². The first-order chi connectivity index (χ1) is 24.3. The van der Waals surface area contributed by atoms with E-state index >= 15 is 0 Å². The van der Waals surface area contributed by atoms with Crippen LogP contribution in [0, 0.1) is 11.6 Å². The smallest absolute Gasteiger partial charge is 0.266 e. The van der Waals surface area contributed by atoms with Crippen molar-refractivity contribution < 1.29 is 18.3 Å². The zero-order chi connectivity index (χ0) is 35.0. The molecule has 0 bridgehead atoms. The van der Waals surface area contributed by atoms with Gasteiger partial charge < -0.3 is 31.7 Å². The largest absolute Gasteiger partial charge is 0.490 e. The summed E-state index contributed by atoms with van der Waals surface area (Å²) in [4.78, 5) is 43.6. The third-order valence-corrected chi connectivity index (χ3v) is 7.96. The molecule has 1 aromatic carbocycles. The van der Waals surface area contributed by atoms with Gasteiger partial charge in [0, 0.05) is 31.0 Å². The summed E-state index contributed by atoms with van der Waals surface area (Å²) in [5.41, 5.74) is 6.74. The third kappa shape index (κ3) is 8.00. The van der Waals surface area contributed by atoms with Crippen LogP contribution in [-0.4, -0.2) is 73.0 Å². The second kappa shape index (κ2) is 15.5. The van der Waals surface area contributed by atoms with E-state index in [2.05, 4.69) is 52.4 Å². The van der Waals surface area contributed by atoms with E-state index in [4.69, 9.17) is 10.5 Å². The standard InChI is InChI=1S/C33H36F2N12O3/c1-50-27-28(40-22-9-5-13-37-16-22)42-26(43-29(27)47-32(36)44-33(45-47)41-21-7-3-2-4-8-21)10-6-14-39-30(48)23-17-38-19-46(31(23)49)18-20-11-12-24(34)25(35)15-20/h2-3,6-7,10-12,15,17,19,22,37H,4-5,8-9,13-14,16,18H2,1H3,(H,39,48)(H,40,42,43)(H3,36,41,44,45)/b10-6+. The van der Waals surface area contributed by atoms with E-state index in [0.29, 0.717) is 23.1 Å². The maximum atomic E-state index is 13.7. The number of allylic oxidation sites excluding steroid dienone is 4. The number of ether oxygens (including phenoxy) is 1. The highest BCUT2D eigenvalue weighted by atomic mass is 19.2. The van der Waals surface area contributed by atoms with Crippen molar-refractivity contribution in [2.75, 3.05) is 43.1 Å². The van der Waals surface area contributed by atoms with Crippen molar-refractivity contribution in [2.45, 2.75) is 38.3 Å². The molecule has 1 amide bonds. The lowest BCUT2D eigenvalue weighted by atomic mass is 10.1. The molecule has 260 valence electrons. The highest BCUT2D eigenvalue weighted by molar-refractivity contribution is 5.93. The molecule has 0 radical (unpaired) electrons. The van der Waals surface area contributed by atoms with Gasteiger partial charge in [-0.05, 0) is 62.1 Å². The summed E-state index contributed by atoms with van der Waals surface area (Å²) < 4.78 is 35.3. The van der Waals surface area contributed by atoms with Crippen LogP contribution in [0.4, 0.5) is 26.5 Å². The highest BCUT2D eigenvalue weighted by Crippen LogP contribution is 2.32. The summed E-state index contributed by atoms with van der Waals surface area (Å²) in [6, 6.07) is 3.39. The number of aromatic nitrogens is 7. The Morgan fingerprint density at radius 1 is 1.22 bits per heavy atom. The Labute approximate surface area is 285 Å². The lowest BCUT2D eigenvalue weighted by Gasteiger charge is -2.25. The number of piperidine rings is 1. The number of halogens is 2. The monoisotopic (exact) mass is 686 g/mol. The molecule has 1 aliphatic carbocycles. The van der Waals surface area contributed by atoms with Crippen LogP contribution in [0.1, 0.15) is 47.4 Å². The van der Waals surface area contributed by atoms with Crippen molar-refractivity contribution in [3.05, 3.63) is 99.7 Å². The number of anilines is 3. The number of methoxy groups -OCH3 is 1. The average molecular weight is 687 g/mol. The molecular formula is C33H36F2N12O3. The van der Waals surface area contributed by atoms with E-state index in [0.717, 1.165) is 67.4 Å². The molecule has 2 aliphatic rings. The molecule has 1 fully saturated rings. The van der Waals surface area contributed by atoms with Crippen LogP contribution in [0.5, 0.6) is 5.75 Å². The number of nitrogen functional groups attached to an aromatic ring is 1. The van der Waals surface area contributed by atoms with Gasteiger partial charge in [-0.1, -0.05) is 24.3 Å². The zero-order valence-electron chi connectivity index (χ0n) is 27.2. The van der Waals surface area contributed by atoms with Crippen LogP contribution in [0.3, 0.4) is 0 Å². The van der Waals surface area contributed by atoms with E-state index in [1.807, 2.05) is 12.2 Å². The first kappa shape index (κ1) is 33.9. The van der Waals surface area contributed by atoms with Gasteiger partial charge >= 0.3 is 0 Å². The Morgan fingerprint density at radius 2 is 2.10 bits per heavy atom. The minimum Gasteiger partial charge on any atom is -0.490 e. The summed E-state index contributed by atoms with van der Waals surface area (Å²) in [5.74, 6) is -1.06. The third-order valence-electron chi connectivity index (χ3n) is 7.96. The van der Waals surface area contributed by atoms with Gasteiger partial charge in [-0.2, -0.15) is 9.67 Å². The lowest BCUT2D eigenvalue weighted by Crippen LogP contribution is -2.38. The summed E-state index contributed by atoms with van der Waals surface area (Å²) >= 11 is 0. The molecule has 50 heavy (non-hydrogen) atoms. The zero-order valence-corrected chi connectivity index (χ0v) is 27.2. The molecule has 1 unspecified atom stereocenters. The molecule has 4 aromatic rings. The summed E-state index contributed by atoms with van der Waals surface area (Å²) in [7, 11) is 1.51. The van der Waals surface area contributed by atoms with Crippen molar-refractivity contribution in [3.8, 4) is 11.6 Å². The number of rotatable bonds is 12. The van der Waals surface area contributed by atoms with Gasteiger partial charge in [-0.3, -0.25) is 14.2 Å². The number of nitrogens with two attached hydrogens (primary N) is 1. The number of nitrogens with zero attached hydrogens (tertiary/aromatic N) is 7. The van der Waals surface area contributed by atoms with Crippen molar-refractivity contribution in [1.82, 2.24) is 44.9 Å². The molecule has 1 saturated heterocycles. The Morgan fingerprint density at radius 3 is 2.86 bits per heavy atom. The second-order valence-electron chi connectivity index (χ2n) is 11.6. The summed E-state index contributed by atoms with van der Waals surface area (Å²) in [5, 5.41) is 17.2. The van der Waals surface area contributed by atoms with Crippen molar-refractivity contribution in [3.63, 3.8) is 0 Å². The topological polar surface area (TPSA) is 192 Å². The molecule has 6 rings (SSSR count). The molecule has 1 atom stereocenters. The lowest BCUT2D eigenvalue weighted by molar-refractivity contribution is 0.0955. The summed E-state index contributed by atoms with van der Waals surface area (Å²) in [6.07, 6.45) is 15.2. The Kier molecular flexibility index (Phi) is 10.5. The maximum Gasteiger partial charge on any atom is 0.266 e. The number of amides is 1. The van der Waals surface area contributed by atoms with Crippen LogP contribution < -0.4 is 37.3 Å². The van der Waals surface area contributed by atoms with E-state index in [1.54, 1.807) is 12.2 Å². The predicted octanol–water partition coefficient (Wildman–Crippen LogP) is 2.78. The van der Waals surface area contributed by atoms with Gasteiger partial charge in [-0.25, -0.2) is 23.7 Å². The van der Waals surface area contributed by atoms with Crippen LogP contribution >= 0.6 is 0 Å². The molecule has 3 aromatic heterocycles. The molecule has 15 nitrogen and oxygen atoms in total. The predicted molar refractivity (Wildman–Crippen MR) is 183 cm³/mol. The number of nitrogens with one attached hydrogen (secondary N) is 4. The number of benzene rings is 1. The quantitative estimate of drug-likeness (QED) is 0.147. The number of hydrogen-bond acceptors (Lipinski definition) is 12. The van der Waals surface area contributed by atoms with Crippen LogP contribution in [0.2, 0.25) is 0 Å². The molecule has 6 N–H and O–H groups in total. The molecule has 4 heterocycles. The number of carbonyl (C=O) groups is 1. The highest BCUT2D eigenvalue weighted by Gasteiger charge is 2.23. The molecule has 0 saturated carbocycles. The Hall–Kier alpha value is -5.97. The van der Waals surface area contributed by atoms with Gasteiger partial charge in [0.2, 0.25) is 23.5 Å². The second-order valence-corrected chi connectivity index (χ2v) is 11.6. The summed E-state index contributed by atoms with van der Waals surface area (Å²) in [6.45, 7) is 1.58. The van der Waals surface area contributed by atoms with Gasteiger partial charge in [0.25, 0.3) is 11.5 Å². The van der Waals surface area contributed by atoms with E-state index in [1.165, 1.54) is 24.2 Å². The van der Waals surface area contributed by atoms with Crippen molar-refractivity contribution in [2.24, 2.45) is 0 Å². The van der Waals surface area contributed by atoms with Gasteiger partial charge in [0.1, 0.15) is 5.56 Å². The maximum absolute atomic E-state index is 13.7. The Bertz CT molecular complexity index is 2020. The first-order valence-corrected chi connectivity index (χ1v) is 16.0.